The van der Waals surface area contributed by atoms with Crippen LogP contribution in [0.2, 0.25) is 0 Å². The number of fused-ring (bicyclic) bond motifs is 4. The summed E-state index contributed by atoms with van der Waals surface area (Å²) in [6.07, 6.45) is 11.2. The van der Waals surface area contributed by atoms with Gasteiger partial charge in [0, 0.05) is 29.0 Å². The van der Waals surface area contributed by atoms with Crippen LogP contribution in [-0.4, -0.2) is 39.4 Å². The van der Waals surface area contributed by atoms with Crippen LogP contribution in [0.5, 0.6) is 5.75 Å². The molecule has 49 heavy (non-hydrogen) atoms. The first-order chi connectivity index (χ1) is 23.9. The summed E-state index contributed by atoms with van der Waals surface area (Å²) in [5.74, 6) is -3.62. The van der Waals surface area contributed by atoms with E-state index in [0.717, 1.165) is 37.7 Å². The normalized spacial score (nSPS) is 29.9. The SMILES string of the molecule is C=CCc1cccc([C@H]2C3=CC[C@@H]4C(=O)N(C5CCCCC5)C(=O)[C@@H]4[C@@H]3C[C@H]3C(=O)C(c4ccccc4)=CC(=O)[C@@]23c2ccccc2)c1O. The number of amides is 2. The molecule has 3 aromatic rings. The number of para-hydroxylation sites is 1. The maximum Gasteiger partial charge on any atom is 0.233 e. The van der Waals surface area contributed by atoms with Crippen molar-refractivity contribution in [2.45, 2.75) is 68.7 Å². The van der Waals surface area contributed by atoms with Crippen LogP contribution in [0.25, 0.3) is 5.57 Å². The first kappa shape index (κ1) is 31.4. The lowest BCUT2D eigenvalue weighted by molar-refractivity contribution is -0.144. The predicted molar refractivity (Wildman–Crippen MR) is 187 cm³/mol. The molecule has 3 aromatic carbocycles. The van der Waals surface area contributed by atoms with E-state index >= 15 is 9.59 Å². The summed E-state index contributed by atoms with van der Waals surface area (Å²) in [4.78, 5) is 60.4. The van der Waals surface area contributed by atoms with Crippen LogP contribution in [-0.2, 0) is 31.0 Å². The molecule has 2 saturated carbocycles. The molecule has 2 amide bonds. The topological polar surface area (TPSA) is 91.8 Å². The predicted octanol–water partition coefficient (Wildman–Crippen LogP) is 7.28. The van der Waals surface area contributed by atoms with Gasteiger partial charge in [0.1, 0.15) is 5.75 Å². The highest BCUT2D eigenvalue weighted by molar-refractivity contribution is 6.31. The molecule has 0 spiro atoms. The fourth-order valence-corrected chi connectivity index (χ4v) is 10.1. The number of ketones is 2. The summed E-state index contributed by atoms with van der Waals surface area (Å²) < 4.78 is 0. The lowest BCUT2D eigenvalue weighted by atomic mass is 9.44. The Hall–Kier alpha value is -4.84. The lowest BCUT2D eigenvalue weighted by Crippen LogP contribution is -2.58. The molecule has 6 heteroatoms. The van der Waals surface area contributed by atoms with Crippen LogP contribution in [0, 0.1) is 23.7 Å². The van der Waals surface area contributed by atoms with Crippen molar-refractivity contribution in [1.29, 1.82) is 0 Å². The number of allylic oxidation sites excluding steroid dienone is 5. The molecule has 1 aliphatic heterocycles. The molecule has 3 fully saturated rings. The second-order valence-electron chi connectivity index (χ2n) is 14.5. The third-order valence-corrected chi connectivity index (χ3v) is 12.2. The van der Waals surface area contributed by atoms with Gasteiger partial charge in [-0.25, -0.2) is 0 Å². The fourth-order valence-electron chi connectivity index (χ4n) is 10.1. The molecular formula is C43H41NO5. The number of phenolic OH excluding ortho intramolecular Hbond substituents is 1. The number of hydrogen-bond donors (Lipinski definition) is 1. The first-order valence-corrected chi connectivity index (χ1v) is 17.8. The van der Waals surface area contributed by atoms with Crippen molar-refractivity contribution in [3.05, 3.63) is 131 Å². The molecule has 0 unspecified atom stereocenters. The molecular weight excluding hydrogens is 610 g/mol. The number of likely N-dealkylation sites (tertiary alicyclic amines) is 1. The van der Waals surface area contributed by atoms with Crippen molar-refractivity contribution >= 4 is 29.0 Å². The zero-order valence-corrected chi connectivity index (χ0v) is 27.6. The smallest absolute Gasteiger partial charge is 0.233 e. The number of carbonyl (C=O) groups is 4. The van der Waals surface area contributed by atoms with E-state index in [2.05, 4.69) is 12.7 Å². The Morgan fingerprint density at radius 3 is 2.27 bits per heavy atom. The van der Waals surface area contributed by atoms with Gasteiger partial charge >= 0.3 is 0 Å². The van der Waals surface area contributed by atoms with Gasteiger partial charge in [-0.1, -0.05) is 116 Å². The Kier molecular flexibility index (Phi) is 7.85. The van der Waals surface area contributed by atoms with Gasteiger partial charge in [0.15, 0.2) is 11.6 Å². The van der Waals surface area contributed by atoms with Crippen molar-refractivity contribution in [1.82, 2.24) is 4.90 Å². The molecule has 0 radical (unpaired) electrons. The van der Waals surface area contributed by atoms with Gasteiger partial charge in [-0.05, 0) is 60.8 Å². The molecule has 248 valence electrons. The maximum atomic E-state index is 15.2. The van der Waals surface area contributed by atoms with E-state index in [0.29, 0.717) is 40.7 Å². The van der Waals surface area contributed by atoms with Crippen LogP contribution < -0.4 is 0 Å². The molecule has 6 nitrogen and oxygen atoms in total. The largest absolute Gasteiger partial charge is 0.507 e. The zero-order valence-electron chi connectivity index (χ0n) is 27.6. The third kappa shape index (κ3) is 4.67. The van der Waals surface area contributed by atoms with E-state index in [4.69, 9.17) is 0 Å². The van der Waals surface area contributed by atoms with Gasteiger partial charge < -0.3 is 5.11 Å². The van der Waals surface area contributed by atoms with Crippen LogP contribution in [0.3, 0.4) is 0 Å². The molecule has 6 atom stereocenters. The van der Waals surface area contributed by atoms with E-state index < -0.39 is 35.0 Å². The third-order valence-electron chi connectivity index (χ3n) is 12.2. The second kappa shape index (κ2) is 12.2. The fraction of sp³-hybridized carbons (Fsp3) is 0.349. The van der Waals surface area contributed by atoms with Crippen LogP contribution in [0.1, 0.15) is 73.1 Å². The van der Waals surface area contributed by atoms with E-state index in [9.17, 15) is 14.7 Å². The van der Waals surface area contributed by atoms with Crippen molar-refractivity contribution in [2.75, 3.05) is 0 Å². The number of benzene rings is 3. The number of rotatable bonds is 6. The van der Waals surface area contributed by atoms with Gasteiger partial charge in [-0.2, -0.15) is 0 Å². The number of aromatic hydroxyl groups is 1. The lowest BCUT2D eigenvalue weighted by Gasteiger charge is -2.55. The number of hydrogen-bond acceptors (Lipinski definition) is 5. The molecule has 1 N–H and O–H groups in total. The number of Topliss-reactive ketones (excluding diaryl/α,β-unsaturated/α-hetero) is 1. The summed E-state index contributed by atoms with van der Waals surface area (Å²) in [6.45, 7) is 3.88. The molecule has 1 heterocycles. The standard InChI is InChI=1S/C43H41NO5/c1-2-13-27-16-12-21-32(39(27)46)38-30-22-23-31-37(42(49)44(41(31)48)29-19-10-5-11-20-29)34(30)24-35-40(47)33(26-14-6-3-7-15-26)25-36(45)43(35,38)28-17-8-4-9-18-28/h2-4,6-9,12,14-18,21-22,25,29,31,34-35,37-38,46H,1,5,10-11,13,19-20,23-24H2/t31-,34+,35-,37-,38+,43-/m0/s1. The quantitative estimate of drug-likeness (QED) is 0.224. The van der Waals surface area contributed by atoms with Crippen molar-refractivity contribution in [2.24, 2.45) is 23.7 Å². The Bertz CT molecular complexity index is 1920. The van der Waals surface area contributed by atoms with Crippen molar-refractivity contribution in [3.63, 3.8) is 0 Å². The van der Waals surface area contributed by atoms with Crippen LogP contribution >= 0.6 is 0 Å². The Morgan fingerprint density at radius 1 is 0.837 bits per heavy atom. The second-order valence-corrected chi connectivity index (χ2v) is 14.5. The number of imide groups is 1. The van der Waals surface area contributed by atoms with E-state index in [1.165, 1.54) is 6.08 Å². The van der Waals surface area contributed by atoms with Gasteiger partial charge in [0.2, 0.25) is 11.8 Å². The Morgan fingerprint density at radius 2 is 1.55 bits per heavy atom. The average molecular weight is 652 g/mol. The molecule has 4 aliphatic carbocycles. The number of carbonyl (C=O) groups excluding carboxylic acids is 4. The van der Waals surface area contributed by atoms with Crippen LogP contribution in [0.4, 0.5) is 0 Å². The van der Waals surface area contributed by atoms with E-state index in [1.807, 2.05) is 78.9 Å². The molecule has 0 bridgehead atoms. The highest BCUT2D eigenvalue weighted by Crippen LogP contribution is 2.64. The summed E-state index contributed by atoms with van der Waals surface area (Å²) in [5.41, 5.74) is 2.48. The molecule has 1 saturated heterocycles. The summed E-state index contributed by atoms with van der Waals surface area (Å²) in [6, 6.07) is 24.3. The molecule has 8 rings (SSSR count). The minimum atomic E-state index is -1.37. The summed E-state index contributed by atoms with van der Waals surface area (Å²) >= 11 is 0. The summed E-state index contributed by atoms with van der Waals surface area (Å²) in [5, 5.41) is 12.0. The summed E-state index contributed by atoms with van der Waals surface area (Å²) in [7, 11) is 0. The van der Waals surface area contributed by atoms with Gasteiger partial charge in [-0.3, -0.25) is 24.1 Å². The van der Waals surface area contributed by atoms with Crippen molar-refractivity contribution < 1.29 is 24.3 Å². The van der Waals surface area contributed by atoms with Gasteiger partial charge in [0.25, 0.3) is 0 Å². The molecule has 0 aromatic heterocycles. The minimum absolute atomic E-state index is 0.0703. The highest BCUT2D eigenvalue weighted by Gasteiger charge is 2.66. The number of nitrogens with zero attached hydrogens (tertiary/aromatic N) is 1. The van der Waals surface area contributed by atoms with Gasteiger partial charge in [0.05, 0.1) is 17.3 Å². The Balaban J connectivity index is 1.37. The van der Waals surface area contributed by atoms with Gasteiger partial charge in [-0.15, -0.1) is 6.58 Å². The average Bonchev–Trinajstić information content (AvgIpc) is 3.40. The first-order valence-electron chi connectivity index (χ1n) is 17.8. The van der Waals surface area contributed by atoms with E-state index in [1.54, 1.807) is 11.0 Å². The van der Waals surface area contributed by atoms with Crippen LogP contribution in [0.15, 0.2) is 109 Å². The Labute approximate surface area is 287 Å². The maximum absolute atomic E-state index is 15.2. The monoisotopic (exact) mass is 651 g/mol. The molecule has 5 aliphatic rings. The minimum Gasteiger partial charge on any atom is -0.507 e. The van der Waals surface area contributed by atoms with E-state index in [-0.39, 0.29) is 41.6 Å². The highest BCUT2D eigenvalue weighted by atomic mass is 16.3. The zero-order chi connectivity index (χ0) is 33.9. The van der Waals surface area contributed by atoms with Crippen molar-refractivity contribution in [3.8, 4) is 5.75 Å². The number of phenols is 1.